The SMILES string of the molecule is CSCC[C@H](N)CN(C)C(C)c1ccccc1Cl. The molecule has 0 aliphatic carbocycles. The van der Waals surface area contributed by atoms with Crippen molar-refractivity contribution in [2.45, 2.75) is 25.4 Å². The van der Waals surface area contributed by atoms with E-state index in [-0.39, 0.29) is 6.04 Å². The smallest absolute Gasteiger partial charge is 0.0453 e. The number of hydrogen-bond acceptors (Lipinski definition) is 3. The summed E-state index contributed by atoms with van der Waals surface area (Å²) in [6, 6.07) is 8.53. The minimum atomic E-state index is 0.229. The Hall–Kier alpha value is -0.220. The van der Waals surface area contributed by atoms with Crippen LogP contribution < -0.4 is 5.73 Å². The fourth-order valence-corrected chi connectivity index (χ4v) is 2.77. The minimum Gasteiger partial charge on any atom is -0.327 e. The highest BCUT2D eigenvalue weighted by atomic mass is 35.5. The van der Waals surface area contributed by atoms with E-state index in [0.29, 0.717) is 6.04 Å². The first kappa shape index (κ1) is 15.8. The zero-order valence-electron chi connectivity index (χ0n) is 11.4. The predicted molar refractivity (Wildman–Crippen MR) is 83.5 cm³/mol. The van der Waals surface area contributed by atoms with Crippen molar-refractivity contribution in [3.63, 3.8) is 0 Å². The standard InChI is InChI=1S/C14H23ClN2S/c1-11(13-6-4-5-7-14(13)15)17(2)10-12(16)8-9-18-3/h4-7,11-12H,8-10,16H2,1-3H3/t11?,12-/m0/s1. The molecule has 0 fully saturated rings. The van der Waals surface area contributed by atoms with Gasteiger partial charge in [0.15, 0.2) is 0 Å². The van der Waals surface area contributed by atoms with Crippen LogP contribution in [0.5, 0.6) is 0 Å². The van der Waals surface area contributed by atoms with Crippen molar-refractivity contribution in [1.82, 2.24) is 4.90 Å². The molecule has 2 atom stereocenters. The zero-order chi connectivity index (χ0) is 13.5. The third-order valence-electron chi connectivity index (χ3n) is 3.23. The summed E-state index contributed by atoms with van der Waals surface area (Å²) in [5.41, 5.74) is 7.29. The number of halogens is 1. The number of hydrogen-bond donors (Lipinski definition) is 1. The van der Waals surface area contributed by atoms with Crippen molar-refractivity contribution >= 4 is 23.4 Å². The van der Waals surface area contributed by atoms with Gasteiger partial charge < -0.3 is 5.73 Å². The largest absolute Gasteiger partial charge is 0.327 e. The Bertz CT molecular complexity index is 359. The Morgan fingerprint density at radius 2 is 2.06 bits per heavy atom. The molecule has 1 unspecified atom stereocenters. The summed E-state index contributed by atoms with van der Waals surface area (Å²) in [4.78, 5) is 2.27. The van der Waals surface area contributed by atoms with Gasteiger partial charge >= 0.3 is 0 Å². The van der Waals surface area contributed by atoms with E-state index >= 15 is 0 Å². The Balaban J connectivity index is 2.56. The van der Waals surface area contributed by atoms with Gasteiger partial charge in [0.05, 0.1) is 0 Å². The van der Waals surface area contributed by atoms with Crippen LogP contribution in [0.15, 0.2) is 24.3 Å². The number of nitrogens with zero attached hydrogens (tertiary/aromatic N) is 1. The Kier molecular flexibility index (Phi) is 7.08. The zero-order valence-corrected chi connectivity index (χ0v) is 13.0. The molecule has 2 N–H and O–H groups in total. The van der Waals surface area contributed by atoms with Gasteiger partial charge in [-0.1, -0.05) is 29.8 Å². The summed E-state index contributed by atoms with van der Waals surface area (Å²) in [5.74, 6) is 1.12. The summed E-state index contributed by atoms with van der Waals surface area (Å²) >= 11 is 8.07. The average Bonchev–Trinajstić information content (AvgIpc) is 2.36. The molecule has 0 saturated heterocycles. The normalized spacial score (nSPS) is 14.8. The van der Waals surface area contributed by atoms with Crippen molar-refractivity contribution in [3.05, 3.63) is 34.9 Å². The maximum absolute atomic E-state index is 6.22. The predicted octanol–water partition coefficient (Wildman–Crippen LogP) is 3.41. The molecule has 1 aromatic carbocycles. The molecule has 0 aromatic heterocycles. The molecule has 0 aliphatic rings. The maximum Gasteiger partial charge on any atom is 0.0453 e. The van der Waals surface area contributed by atoms with Crippen LogP contribution >= 0.6 is 23.4 Å². The first-order chi connectivity index (χ1) is 8.56. The van der Waals surface area contributed by atoms with Gasteiger partial charge in [-0.25, -0.2) is 0 Å². The molecule has 0 heterocycles. The topological polar surface area (TPSA) is 29.3 Å². The number of nitrogens with two attached hydrogens (primary N) is 1. The van der Waals surface area contributed by atoms with Gasteiger partial charge in [-0.2, -0.15) is 11.8 Å². The van der Waals surface area contributed by atoms with Crippen molar-refractivity contribution in [2.24, 2.45) is 5.73 Å². The summed E-state index contributed by atoms with van der Waals surface area (Å²) < 4.78 is 0. The van der Waals surface area contributed by atoms with Crippen LogP contribution in [0.25, 0.3) is 0 Å². The third kappa shape index (κ3) is 4.81. The van der Waals surface area contributed by atoms with Crippen molar-refractivity contribution in [2.75, 3.05) is 25.6 Å². The van der Waals surface area contributed by atoms with Gasteiger partial charge in [0.25, 0.3) is 0 Å². The highest BCUT2D eigenvalue weighted by Gasteiger charge is 2.16. The molecule has 0 saturated carbocycles. The molecule has 0 aliphatic heterocycles. The molecule has 18 heavy (non-hydrogen) atoms. The van der Waals surface area contributed by atoms with E-state index in [0.717, 1.165) is 23.7 Å². The van der Waals surface area contributed by atoms with Crippen LogP contribution in [0.4, 0.5) is 0 Å². The molecule has 0 radical (unpaired) electrons. The Morgan fingerprint density at radius 1 is 1.39 bits per heavy atom. The lowest BCUT2D eigenvalue weighted by molar-refractivity contribution is 0.243. The second-order valence-corrected chi connectivity index (χ2v) is 6.07. The molecular weight excluding hydrogens is 264 g/mol. The van der Waals surface area contributed by atoms with E-state index in [1.165, 1.54) is 5.56 Å². The first-order valence-corrected chi connectivity index (χ1v) is 8.02. The van der Waals surface area contributed by atoms with Crippen molar-refractivity contribution in [1.29, 1.82) is 0 Å². The van der Waals surface area contributed by atoms with E-state index in [9.17, 15) is 0 Å². The van der Waals surface area contributed by atoms with Crippen LogP contribution in [0.2, 0.25) is 5.02 Å². The van der Waals surface area contributed by atoms with Gasteiger partial charge in [-0.3, -0.25) is 4.90 Å². The molecule has 0 bridgehead atoms. The molecule has 2 nitrogen and oxygen atoms in total. The Morgan fingerprint density at radius 3 is 2.67 bits per heavy atom. The lowest BCUT2D eigenvalue weighted by atomic mass is 10.1. The van der Waals surface area contributed by atoms with Crippen LogP contribution in [0.3, 0.4) is 0 Å². The monoisotopic (exact) mass is 286 g/mol. The lowest BCUT2D eigenvalue weighted by Gasteiger charge is -2.28. The summed E-state index contributed by atoms with van der Waals surface area (Å²) in [6.45, 7) is 3.06. The lowest BCUT2D eigenvalue weighted by Crippen LogP contribution is -2.37. The third-order valence-corrected chi connectivity index (χ3v) is 4.22. The molecule has 0 amide bonds. The minimum absolute atomic E-state index is 0.229. The number of thioether (sulfide) groups is 1. The molecule has 1 aromatic rings. The quantitative estimate of drug-likeness (QED) is 0.833. The first-order valence-electron chi connectivity index (χ1n) is 6.25. The fourth-order valence-electron chi connectivity index (χ4n) is 1.94. The summed E-state index contributed by atoms with van der Waals surface area (Å²) in [5, 5.41) is 0.828. The highest BCUT2D eigenvalue weighted by molar-refractivity contribution is 7.98. The van der Waals surface area contributed by atoms with Gasteiger partial charge in [0.1, 0.15) is 0 Å². The maximum atomic E-state index is 6.22. The average molecular weight is 287 g/mol. The van der Waals surface area contributed by atoms with Gasteiger partial charge in [-0.15, -0.1) is 0 Å². The molecular formula is C14H23ClN2S. The van der Waals surface area contributed by atoms with Crippen LogP contribution in [-0.4, -0.2) is 36.5 Å². The molecule has 102 valence electrons. The molecule has 4 heteroatoms. The summed E-state index contributed by atoms with van der Waals surface area (Å²) in [6.07, 6.45) is 3.17. The van der Waals surface area contributed by atoms with Gasteiger partial charge in [0, 0.05) is 23.7 Å². The second kappa shape index (κ2) is 8.05. The fraction of sp³-hybridized carbons (Fsp3) is 0.571. The second-order valence-electron chi connectivity index (χ2n) is 4.68. The van der Waals surface area contributed by atoms with E-state index in [1.54, 1.807) is 0 Å². The van der Waals surface area contributed by atoms with Crippen LogP contribution in [-0.2, 0) is 0 Å². The number of benzene rings is 1. The van der Waals surface area contributed by atoms with E-state index < -0.39 is 0 Å². The number of likely N-dealkylation sites (N-methyl/N-ethyl adjacent to an activating group) is 1. The van der Waals surface area contributed by atoms with Crippen LogP contribution in [0.1, 0.15) is 24.9 Å². The van der Waals surface area contributed by atoms with E-state index in [1.807, 2.05) is 30.0 Å². The summed E-state index contributed by atoms with van der Waals surface area (Å²) in [7, 11) is 2.10. The van der Waals surface area contributed by atoms with E-state index in [4.69, 9.17) is 17.3 Å². The van der Waals surface area contributed by atoms with Gasteiger partial charge in [0.2, 0.25) is 0 Å². The number of rotatable bonds is 7. The van der Waals surface area contributed by atoms with Gasteiger partial charge in [-0.05, 0) is 44.0 Å². The van der Waals surface area contributed by atoms with Crippen LogP contribution in [0, 0.1) is 0 Å². The molecule has 1 rings (SSSR count). The molecule has 0 spiro atoms. The van der Waals surface area contributed by atoms with Crippen molar-refractivity contribution < 1.29 is 0 Å². The van der Waals surface area contributed by atoms with Crippen molar-refractivity contribution in [3.8, 4) is 0 Å². The Labute approximate surface area is 120 Å². The van der Waals surface area contributed by atoms with E-state index in [2.05, 4.69) is 31.2 Å². The highest BCUT2D eigenvalue weighted by Crippen LogP contribution is 2.26.